The van der Waals surface area contributed by atoms with Crippen molar-refractivity contribution >= 4 is 17.2 Å². The fourth-order valence-corrected chi connectivity index (χ4v) is 3.30. The van der Waals surface area contributed by atoms with E-state index in [-0.39, 0.29) is 11.8 Å². The number of amides is 1. The Hall–Kier alpha value is -1.73. The van der Waals surface area contributed by atoms with Gasteiger partial charge in [0, 0.05) is 20.2 Å². The summed E-state index contributed by atoms with van der Waals surface area (Å²) >= 11 is 1.58. The van der Waals surface area contributed by atoms with Crippen molar-refractivity contribution in [1.29, 1.82) is 0 Å². The Kier molecular flexibility index (Phi) is 4.84. The molecule has 118 valence electrons. The average molecular weight is 321 g/mol. The summed E-state index contributed by atoms with van der Waals surface area (Å²) in [4.78, 5) is 15.0. The molecule has 0 spiro atoms. The molecular weight excluding hydrogens is 302 g/mol. The van der Waals surface area contributed by atoms with Crippen LogP contribution in [0.25, 0.3) is 10.8 Å². The Bertz CT molecular complexity index is 611. The molecule has 1 aliphatic heterocycles. The molecule has 0 N–H and O–H groups in total. The van der Waals surface area contributed by atoms with Crippen molar-refractivity contribution in [1.82, 2.24) is 15.1 Å². The van der Waals surface area contributed by atoms with Crippen LogP contribution < -0.4 is 0 Å². The van der Waals surface area contributed by atoms with Crippen LogP contribution in [0.4, 0.5) is 0 Å². The Morgan fingerprint density at radius 2 is 2.45 bits per heavy atom. The fraction of sp³-hybridized carbons (Fsp3) is 0.533. The van der Waals surface area contributed by atoms with Gasteiger partial charge in [-0.25, -0.2) is 0 Å². The zero-order valence-electron chi connectivity index (χ0n) is 12.5. The maximum Gasteiger partial charge on any atom is 0.257 e. The largest absolute Gasteiger partial charge is 0.420 e. The molecule has 1 aliphatic rings. The van der Waals surface area contributed by atoms with Gasteiger partial charge in [-0.15, -0.1) is 21.5 Å². The second-order valence-electron chi connectivity index (χ2n) is 5.34. The number of methoxy groups -OCH3 is 1. The first-order valence-electron chi connectivity index (χ1n) is 7.42. The Balaban J connectivity index is 1.66. The first-order valence-corrected chi connectivity index (χ1v) is 8.30. The number of hydrogen-bond acceptors (Lipinski definition) is 6. The molecule has 1 saturated heterocycles. The summed E-state index contributed by atoms with van der Waals surface area (Å²) in [6.07, 6.45) is 2.35. The van der Waals surface area contributed by atoms with Gasteiger partial charge in [0.25, 0.3) is 5.89 Å². The molecule has 2 aromatic rings. The van der Waals surface area contributed by atoms with Gasteiger partial charge in [-0.1, -0.05) is 6.07 Å². The number of likely N-dealkylation sites (tertiary alicyclic amines) is 1. The van der Waals surface area contributed by atoms with Crippen LogP contribution in [-0.4, -0.2) is 47.8 Å². The molecular formula is C15H19N3O3S. The summed E-state index contributed by atoms with van der Waals surface area (Å²) < 4.78 is 10.8. The van der Waals surface area contributed by atoms with Crippen molar-refractivity contribution in [2.75, 3.05) is 26.8 Å². The van der Waals surface area contributed by atoms with Crippen LogP contribution in [0, 0.1) is 0 Å². The van der Waals surface area contributed by atoms with Gasteiger partial charge < -0.3 is 14.1 Å². The van der Waals surface area contributed by atoms with Gasteiger partial charge in [0.15, 0.2) is 0 Å². The van der Waals surface area contributed by atoms with Gasteiger partial charge in [-0.2, -0.15) is 0 Å². The van der Waals surface area contributed by atoms with Crippen LogP contribution in [0.2, 0.25) is 0 Å². The molecule has 1 fully saturated rings. The topological polar surface area (TPSA) is 68.5 Å². The molecule has 6 nitrogen and oxygen atoms in total. The summed E-state index contributed by atoms with van der Waals surface area (Å²) in [5.41, 5.74) is 0. The molecule has 0 bridgehead atoms. The number of nitrogens with zero attached hydrogens (tertiary/aromatic N) is 3. The summed E-state index contributed by atoms with van der Waals surface area (Å²) in [7, 11) is 1.61. The predicted molar refractivity (Wildman–Crippen MR) is 82.7 cm³/mol. The quantitative estimate of drug-likeness (QED) is 0.846. The first-order chi connectivity index (χ1) is 10.8. The van der Waals surface area contributed by atoms with Crippen LogP contribution >= 0.6 is 11.3 Å². The van der Waals surface area contributed by atoms with Crippen molar-refractivity contribution in [2.24, 2.45) is 0 Å². The minimum absolute atomic E-state index is 0.126. The molecule has 22 heavy (non-hydrogen) atoms. The van der Waals surface area contributed by atoms with Crippen LogP contribution in [0.5, 0.6) is 0 Å². The first kappa shape index (κ1) is 15.2. The van der Waals surface area contributed by atoms with E-state index in [0.29, 0.717) is 31.4 Å². The molecule has 1 amide bonds. The summed E-state index contributed by atoms with van der Waals surface area (Å²) in [6, 6.07) is 3.92. The maximum atomic E-state index is 12.1. The summed E-state index contributed by atoms with van der Waals surface area (Å²) in [5, 5.41) is 10.3. The number of piperidine rings is 1. The van der Waals surface area contributed by atoms with Gasteiger partial charge in [0.2, 0.25) is 11.8 Å². The predicted octanol–water partition coefficient (Wildman–Crippen LogP) is 2.54. The minimum Gasteiger partial charge on any atom is -0.420 e. The van der Waals surface area contributed by atoms with Crippen LogP contribution in [0.1, 0.15) is 31.1 Å². The lowest BCUT2D eigenvalue weighted by Gasteiger charge is -2.31. The highest BCUT2D eigenvalue weighted by molar-refractivity contribution is 7.13. The summed E-state index contributed by atoms with van der Waals surface area (Å²) in [5.74, 6) is 1.45. The highest BCUT2D eigenvalue weighted by atomic mass is 32.1. The molecule has 0 radical (unpaired) electrons. The van der Waals surface area contributed by atoms with E-state index in [4.69, 9.17) is 9.15 Å². The zero-order valence-corrected chi connectivity index (χ0v) is 13.3. The molecule has 3 heterocycles. The minimum atomic E-state index is 0.126. The van der Waals surface area contributed by atoms with Crippen molar-refractivity contribution in [3.8, 4) is 10.8 Å². The van der Waals surface area contributed by atoms with E-state index < -0.39 is 0 Å². The fourth-order valence-electron chi connectivity index (χ4n) is 2.65. The summed E-state index contributed by atoms with van der Waals surface area (Å²) in [6.45, 7) is 1.91. The number of ether oxygens (including phenoxy) is 1. The average Bonchev–Trinajstić information content (AvgIpc) is 3.23. The number of aromatic nitrogens is 2. The van der Waals surface area contributed by atoms with E-state index in [9.17, 15) is 4.79 Å². The highest BCUT2D eigenvalue weighted by Gasteiger charge is 2.28. The van der Waals surface area contributed by atoms with E-state index in [1.54, 1.807) is 18.4 Å². The van der Waals surface area contributed by atoms with Crippen LogP contribution in [0.3, 0.4) is 0 Å². The van der Waals surface area contributed by atoms with Gasteiger partial charge >= 0.3 is 0 Å². The maximum absolute atomic E-state index is 12.1. The Morgan fingerprint density at radius 1 is 1.55 bits per heavy atom. The third-order valence-electron chi connectivity index (χ3n) is 3.82. The SMILES string of the molecule is COCCC(=O)N1CCCC(c2nnc(-c3cccs3)o2)C1. The number of carbonyl (C=O) groups excluding carboxylic acids is 1. The van der Waals surface area contributed by atoms with Crippen molar-refractivity contribution in [2.45, 2.75) is 25.2 Å². The van der Waals surface area contributed by atoms with E-state index in [2.05, 4.69) is 10.2 Å². The lowest BCUT2D eigenvalue weighted by Crippen LogP contribution is -2.39. The standard InChI is InChI=1S/C15H19N3O3S/c1-20-8-6-13(19)18-7-2-4-11(10-18)14-16-17-15(21-14)12-5-3-9-22-12/h3,5,9,11H,2,4,6-8,10H2,1H3. The van der Waals surface area contributed by atoms with Gasteiger partial charge in [0.1, 0.15) is 0 Å². The number of hydrogen-bond donors (Lipinski definition) is 0. The van der Waals surface area contributed by atoms with E-state index in [1.807, 2.05) is 22.4 Å². The molecule has 0 saturated carbocycles. The zero-order chi connectivity index (χ0) is 15.4. The molecule has 2 aromatic heterocycles. The lowest BCUT2D eigenvalue weighted by atomic mass is 9.98. The third-order valence-corrected chi connectivity index (χ3v) is 4.67. The van der Waals surface area contributed by atoms with Gasteiger partial charge in [0.05, 0.1) is 23.8 Å². The van der Waals surface area contributed by atoms with Gasteiger partial charge in [-0.3, -0.25) is 4.79 Å². The lowest BCUT2D eigenvalue weighted by molar-refractivity contribution is -0.133. The van der Waals surface area contributed by atoms with Crippen molar-refractivity contribution < 1.29 is 13.9 Å². The Morgan fingerprint density at radius 3 is 3.23 bits per heavy atom. The second kappa shape index (κ2) is 7.02. The van der Waals surface area contributed by atoms with Crippen LogP contribution in [-0.2, 0) is 9.53 Å². The van der Waals surface area contributed by atoms with E-state index >= 15 is 0 Å². The third kappa shape index (κ3) is 3.36. The number of carbonyl (C=O) groups is 1. The second-order valence-corrected chi connectivity index (χ2v) is 6.29. The number of thiophene rings is 1. The monoisotopic (exact) mass is 321 g/mol. The molecule has 1 atom stereocenters. The van der Waals surface area contributed by atoms with Crippen molar-refractivity contribution in [3.05, 3.63) is 23.4 Å². The number of rotatable bonds is 5. The Labute approximate surface area is 133 Å². The van der Waals surface area contributed by atoms with Gasteiger partial charge in [-0.05, 0) is 24.3 Å². The molecule has 7 heteroatoms. The highest BCUT2D eigenvalue weighted by Crippen LogP contribution is 2.30. The molecule has 0 aromatic carbocycles. The normalized spacial score (nSPS) is 18.6. The molecule has 3 rings (SSSR count). The smallest absolute Gasteiger partial charge is 0.257 e. The van der Waals surface area contributed by atoms with Crippen molar-refractivity contribution in [3.63, 3.8) is 0 Å². The molecule has 0 aliphatic carbocycles. The van der Waals surface area contributed by atoms with Crippen LogP contribution in [0.15, 0.2) is 21.9 Å². The van der Waals surface area contributed by atoms with E-state index in [0.717, 1.165) is 24.3 Å². The molecule has 1 unspecified atom stereocenters. The van der Waals surface area contributed by atoms with E-state index in [1.165, 1.54) is 0 Å².